The lowest BCUT2D eigenvalue weighted by Gasteiger charge is -2.16. The summed E-state index contributed by atoms with van der Waals surface area (Å²) >= 11 is 11.1. The topological polar surface area (TPSA) is 20.2 Å². The molecule has 0 heterocycles. The molecule has 1 nitrogen and oxygen atoms in total. The molecule has 1 atom stereocenters. The van der Waals surface area contributed by atoms with Crippen LogP contribution in [0.25, 0.3) is 0 Å². The first-order valence-electron chi connectivity index (χ1n) is 2.56. The van der Waals surface area contributed by atoms with Crippen molar-refractivity contribution in [1.82, 2.24) is 0 Å². The van der Waals surface area contributed by atoms with E-state index < -0.39 is 5.06 Å². The lowest BCUT2D eigenvalue weighted by atomic mass is 10.1. The summed E-state index contributed by atoms with van der Waals surface area (Å²) in [6, 6.07) is 0. The molecule has 0 radical (unpaired) electrons. The molecule has 0 saturated carbocycles. The summed E-state index contributed by atoms with van der Waals surface area (Å²) in [5.74, 6) is 0. The molecule has 3 heteroatoms. The van der Waals surface area contributed by atoms with Gasteiger partial charge in [-0.05, 0) is 12.2 Å². The number of rotatable bonds is 0. The van der Waals surface area contributed by atoms with Crippen molar-refractivity contribution in [1.29, 1.82) is 0 Å². The van der Waals surface area contributed by atoms with Crippen molar-refractivity contribution in [2.45, 2.75) is 11.5 Å². The van der Waals surface area contributed by atoms with E-state index in [0.29, 0.717) is 11.5 Å². The highest BCUT2D eigenvalue weighted by molar-refractivity contribution is 6.32. The van der Waals surface area contributed by atoms with Crippen molar-refractivity contribution >= 4 is 23.2 Å². The van der Waals surface area contributed by atoms with Crippen molar-refractivity contribution in [3.8, 4) is 0 Å². The summed E-state index contributed by atoms with van der Waals surface area (Å²) in [6.45, 7) is 0. The fourth-order valence-corrected chi connectivity index (χ4v) is 0.864. The van der Waals surface area contributed by atoms with Crippen LogP contribution in [0.4, 0.5) is 0 Å². The minimum Gasteiger partial charge on any atom is -0.371 e. The van der Waals surface area contributed by atoms with Gasteiger partial charge in [-0.25, -0.2) is 0 Å². The lowest BCUT2D eigenvalue weighted by Crippen LogP contribution is -2.17. The molecule has 0 saturated heterocycles. The number of hydrogen-bond acceptors (Lipinski definition) is 1. The zero-order valence-electron chi connectivity index (χ0n) is 4.64. The predicted octanol–water partition coefficient (Wildman–Crippen LogP) is 2.00. The Morgan fingerprint density at radius 2 is 2.33 bits per heavy atom. The first kappa shape index (κ1) is 7.13. The van der Waals surface area contributed by atoms with Gasteiger partial charge in [-0.3, -0.25) is 0 Å². The molecule has 0 aliphatic heterocycles. The Balaban J connectivity index is 2.70. The molecule has 0 bridgehead atoms. The molecule has 1 rings (SSSR count). The van der Waals surface area contributed by atoms with Gasteiger partial charge >= 0.3 is 0 Å². The molecule has 50 valence electrons. The summed E-state index contributed by atoms with van der Waals surface area (Å²) in [4.78, 5) is 0. The van der Waals surface area contributed by atoms with E-state index in [1.165, 1.54) is 6.08 Å². The molecular formula is C6H6Cl2O. The van der Waals surface area contributed by atoms with Gasteiger partial charge in [0.15, 0.2) is 5.06 Å². The molecule has 0 fully saturated rings. The van der Waals surface area contributed by atoms with E-state index in [1.54, 1.807) is 12.2 Å². The third-order valence-corrected chi connectivity index (χ3v) is 1.64. The maximum Gasteiger partial charge on any atom is 0.161 e. The van der Waals surface area contributed by atoms with Crippen LogP contribution >= 0.6 is 23.2 Å². The maximum absolute atomic E-state index is 9.07. The highest BCUT2D eigenvalue weighted by Crippen LogP contribution is 2.25. The van der Waals surface area contributed by atoms with Gasteiger partial charge in [0, 0.05) is 11.5 Å². The number of alkyl halides is 1. The predicted molar refractivity (Wildman–Crippen MR) is 38.5 cm³/mol. The molecule has 1 N–H and O–H groups in total. The first-order valence-corrected chi connectivity index (χ1v) is 3.32. The second-order valence-electron chi connectivity index (χ2n) is 1.95. The normalized spacial score (nSPS) is 34.3. The van der Waals surface area contributed by atoms with E-state index in [1.807, 2.05) is 0 Å². The molecule has 1 unspecified atom stereocenters. The van der Waals surface area contributed by atoms with Crippen LogP contribution in [0.15, 0.2) is 23.3 Å². The Kier molecular flexibility index (Phi) is 1.85. The van der Waals surface area contributed by atoms with Crippen molar-refractivity contribution in [2.24, 2.45) is 0 Å². The van der Waals surface area contributed by atoms with Crippen molar-refractivity contribution in [2.75, 3.05) is 0 Å². The fourth-order valence-electron chi connectivity index (χ4n) is 0.584. The van der Waals surface area contributed by atoms with Crippen molar-refractivity contribution < 1.29 is 5.11 Å². The average Bonchev–Trinajstić information content (AvgIpc) is 1.78. The number of allylic oxidation sites excluding steroid dienone is 2. The third-order valence-electron chi connectivity index (χ3n) is 1.08. The van der Waals surface area contributed by atoms with Gasteiger partial charge in [-0.1, -0.05) is 29.3 Å². The standard InChI is InChI=1S/C6H6Cl2O/c7-5-1-3-6(8,9)4-2-5/h1-3,9H,4H2. The van der Waals surface area contributed by atoms with E-state index >= 15 is 0 Å². The van der Waals surface area contributed by atoms with Gasteiger partial charge in [-0.15, -0.1) is 0 Å². The van der Waals surface area contributed by atoms with E-state index in [9.17, 15) is 0 Å². The average molecular weight is 165 g/mol. The number of halogens is 2. The smallest absolute Gasteiger partial charge is 0.161 e. The van der Waals surface area contributed by atoms with Crippen LogP contribution in [0.3, 0.4) is 0 Å². The van der Waals surface area contributed by atoms with Crippen LogP contribution in [0.2, 0.25) is 0 Å². The second kappa shape index (κ2) is 2.33. The highest BCUT2D eigenvalue weighted by Gasteiger charge is 2.19. The van der Waals surface area contributed by atoms with E-state index in [-0.39, 0.29) is 0 Å². The number of aliphatic hydroxyl groups is 1. The molecule has 0 aromatic carbocycles. The van der Waals surface area contributed by atoms with Crippen LogP contribution in [0.1, 0.15) is 6.42 Å². The molecule has 1 aliphatic rings. The Labute approximate surface area is 63.6 Å². The molecular weight excluding hydrogens is 159 g/mol. The van der Waals surface area contributed by atoms with E-state index in [2.05, 4.69) is 0 Å². The summed E-state index contributed by atoms with van der Waals surface area (Å²) in [5.41, 5.74) is 0. The van der Waals surface area contributed by atoms with Gasteiger partial charge in [-0.2, -0.15) is 0 Å². The Bertz CT molecular complexity index is 170. The fraction of sp³-hybridized carbons (Fsp3) is 0.333. The Morgan fingerprint density at radius 1 is 1.67 bits per heavy atom. The van der Waals surface area contributed by atoms with Gasteiger partial charge in [0.2, 0.25) is 0 Å². The van der Waals surface area contributed by atoms with Gasteiger partial charge < -0.3 is 5.11 Å². The van der Waals surface area contributed by atoms with Crippen LogP contribution in [-0.4, -0.2) is 10.2 Å². The molecule has 0 aromatic heterocycles. The van der Waals surface area contributed by atoms with Crippen molar-refractivity contribution in [3.05, 3.63) is 23.3 Å². The molecule has 0 spiro atoms. The first-order chi connectivity index (χ1) is 4.10. The van der Waals surface area contributed by atoms with E-state index in [0.717, 1.165) is 0 Å². The van der Waals surface area contributed by atoms with Crippen LogP contribution in [0.5, 0.6) is 0 Å². The molecule has 9 heavy (non-hydrogen) atoms. The molecule has 0 aromatic rings. The van der Waals surface area contributed by atoms with Gasteiger partial charge in [0.1, 0.15) is 0 Å². The quantitative estimate of drug-likeness (QED) is 0.544. The Morgan fingerprint density at radius 3 is 2.67 bits per heavy atom. The zero-order valence-corrected chi connectivity index (χ0v) is 6.15. The second-order valence-corrected chi connectivity index (χ2v) is 3.04. The van der Waals surface area contributed by atoms with Crippen LogP contribution < -0.4 is 0 Å². The van der Waals surface area contributed by atoms with Gasteiger partial charge in [0.05, 0.1) is 0 Å². The monoisotopic (exact) mass is 164 g/mol. The van der Waals surface area contributed by atoms with Crippen LogP contribution in [-0.2, 0) is 0 Å². The Hall–Kier alpha value is 0.0200. The largest absolute Gasteiger partial charge is 0.371 e. The van der Waals surface area contributed by atoms with Crippen molar-refractivity contribution in [3.63, 3.8) is 0 Å². The minimum atomic E-state index is -1.21. The van der Waals surface area contributed by atoms with Crippen LogP contribution in [0, 0.1) is 0 Å². The molecule has 1 aliphatic carbocycles. The summed E-state index contributed by atoms with van der Waals surface area (Å²) in [7, 11) is 0. The summed E-state index contributed by atoms with van der Waals surface area (Å²) in [6.07, 6.45) is 5.10. The SMILES string of the molecule is OC1(Cl)C=CC(Cl)=CC1. The summed E-state index contributed by atoms with van der Waals surface area (Å²) in [5, 5.41) is 8.48. The maximum atomic E-state index is 9.07. The minimum absolute atomic E-state index is 0.379. The van der Waals surface area contributed by atoms with Gasteiger partial charge in [0.25, 0.3) is 0 Å². The third kappa shape index (κ3) is 2.01. The zero-order chi connectivity index (χ0) is 6.91. The van der Waals surface area contributed by atoms with E-state index in [4.69, 9.17) is 28.3 Å². The number of hydrogen-bond donors (Lipinski definition) is 1. The lowest BCUT2D eigenvalue weighted by molar-refractivity contribution is 0.181. The highest BCUT2D eigenvalue weighted by atomic mass is 35.5. The molecule has 0 amide bonds. The summed E-state index contributed by atoms with van der Waals surface area (Å²) < 4.78 is 0.